The number of esters is 1. The zero-order valence-electron chi connectivity index (χ0n) is 47.0. The number of nitrogens with two attached hydrogens (primary N) is 1. The van der Waals surface area contributed by atoms with E-state index < -0.39 is 108 Å². The first-order valence-corrected chi connectivity index (χ1v) is 27.1. The summed E-state index contributed by atoms with van der Waals surface area (Å²) in [5, 5.41) is 42.2. The number of carbonyl (C=O) groups excluding carboxylic acids is 8. The number of hydrogen-bond donors (Lipinski definition) is 10. The Labute approximate surface area is 496 Å². The number of aliphatic hydroxyl groups excluding tert-OH is 2. The molecule has 0 fully saturated rings. The molecule has 7 unspecified atom stereocenters. The molecule has 0 spiro atoms. The summed E-state index contributed by atoms with van der Waals surface area (Å²) in [6.07, 6.45) is -4.50. The number of nitrogens with one attached hydrogen (secondary N) is 7. The van der Waals surface area contributed by atoms with Gasteiger partial charge in [-0.15, -0.1) is 0 Å². The molecule has 0 radical (unpaired) electrons. The molecule has 85 heavy (non-hydrogen) atoms. The number of halogens is 2. The van der Waals surface area contributed by atoms with E-state index in [4.69, 9.17) is 62.1 Å². The normalized spacial score (nSPS) is 21.6. The summed E-state index contributed by atoms with van der Waals surface area (Å²) in [5.74, 6) is -9.33. The number of likely N-dealkylation sites (N-methyl/N-ethyl adjacent to an activating group) is 1. The first-order valence-electron chi connectivity index (χ1n) is 26.4. The van der Waals surface area contributed by atoms with E-state index >= 15 is 14.4 Å². The van der Waals surface area contributed by atoms with Crippen molar-refractivity contribution in [3.8, 4) is 57.1 Å². The van der Waals surface area contributed by atoms with Gasteiger partial charge in [0, 0.05) is 22.8 Å². The van der Waals surface area contributed by atoms with Gasteiger partial charge in [-0.2, -0.15) is 0 Å². The van der Waals surface area contributed by atoms with Gasteiger partial charge in [0.25, 0.3) is 0 Å². The highest BCUT2D eigenvalue weighted by atomic mass is 35.5. The molecule has 0 saturated heterocycles. The van der Waals surface area contributed by atoms with E-state index in [1.54, 1.807) is 0 Å². The lowest BCUT2D eigenvalue weighted by Gasteiger charge is -2.32. The molecule has 9 atom stereocenters. The number of primary amides is 1. The topological polar surface area (TPSA) is 352 Å². The van der Waals surface area contributed by atoms with Crippen molar-refractivity contribution in [1.29, 1.82) is 0 Å². The molecule has 0 aromatic heterocycles. The quantitative estimate of drug-likeness (QED) is 0.0796. The summed E-state index contributed by atoms with van der Waals surface area (Å²) in [6.45, 7) is 3.74. The molecule has 7 amide bonds. The first kappa shape index (κ1) is 62.2. The van der Waals surface area contributed by atoms with Crippen molar-refractivity contribution in [3.05, 3.63) is 117 Å². The van der Waals surface area contributed by atoms with Crippen molar-refractivity contribution in [1.82, 2.24) is 37.2 Å². The van der Waals surface area contributed by atoms with E-state index in [0.29, 0.717) is 6.42 Å². The largest absolute Gasteiger partial charge is 0.497 e. The van der Waals surface area contributed by atoms with Crippen LogP contribution in [0, 0.1) is 5.92 Å². The molecule has 0 saturated carbocycles. The van der Waals surface area contributed by atoms with Crippen LogP contribution in [0.2, 0.25) is 10.0 Å². The van der Waals surface area contributed by atoms with Gasteiger partial charge in [0.1, 0.15) is 71.2 Å². The lowest BCUT2D eigenvalue weighted by atomic mass is 9.89. The predicted molar refractivity (Wildman–Crippen MR) is 304 cm³/mol. The van der Waals surface area contributed by atoms with Crippen LogP contribution in [0.25, 0.3) is 11.1 Å². The van der Waals surface area contributed by atoms with Gasteiger partial charge in [-0.3, -0.25) is 33.6 Å². The summed E-state index contributed by atoms with van der Waals surface area (Å²) in [5.41, 5.74) is 5.66. The molecule has 10 rings (SSSR count). The van der Waals surface area contributed by atoms with Crippen LogP contribution < -0.4 is 71.4 Å². The molecule has 5 heterocycles. The molecule has 11 bridgehead atoms. The number of rotatable bonds is 12. The predicted octanol–water partition coefficient (Wildman–Crippen LogP) is 3.70. The summed E-state index contributed by atoms with van der Waals surface area (Å²) in [6, 6.07) is 5.14. The van der Waals surface area contributed by atoms with Gasteiger partial charge in [0.15, 0.2) is 17.5 Å². The molecule has 5 aliphatic heterocycles. The maximum absolute atomic E-state index is 15.7. The molecular formula is C58H62Cl2N8O17. The maximum atomic E-state index is 15.7. The lowest BCUT2D eigenvalue weighted by Crippen LogP contribution is -2.59. The van der Waals surface area contributed by atoms with E-state index in [1.807, 2.05) is 13.8 Å². The number of aliphatic hydroxyl groups is 2. The smallest absolute Gasteiger partial charge is 0.333 e. The number of benzene rings is 5. The van der Waals surface area contributed by atoms with Gasteiger partial charge < -0.3 is 86.3 Å². The second-order valence-electron chi connectivity index (χ2n) is 20.3. The van der Waals surface area contributed by atoms with Crippen LogP contribution in [-0.2, 0) is 43.1 Å². The van der Waals surface area contributed by atoms with Gasteiger partial charge in [-0.1, -0.05) is 55.2 Å². The molecule has 25 nitrogen and oxygen atoms in total. The van der Waals surface area contributed by atoms with Crippen LogP contribution in [0.1, 0.15) is 84.8 Å². The van der Waals surface area contributed by atoms with Crippen molar-refractivity contribution in [2.45, 2.75) is 81.2 Å². The van der Waals surface area contributed by atoms with Crippen LogP contribution in [0.15, 0.2) is 78.9 Å². The number of fused-ring (bicyclic) bond motifs is 15. The highest BCUT2D eigenvalue weighted by molar-refractivity contribution is 6.32. The monoisotopic (exact) mass is 1210 g/mol. The van der Waals surface area contributed by atoms with Crippen molar-refractivity contribution in [2.24, 2.45) is 11.7 Å². The van der Waals surface area contributed by atoms with Gasteiger partial charge in [0.05, 0.1) is 58.1 Å². The molecular weight excluding hydrogens is 1150 g/mol. The summed E-state index contributed by atoms with van der Waals surface area (Å²) >= 11 is 13.8. The van der Waals surface area contributed by atoms with E-state index in [2.05, 4.69) is 37.2 Å². The van der Waals surface area contributed by atoms with E-state index in [9.17, 15) is 34.2 Å². The second-order valence-corrected chi connectivity index (χ2v) is 21.1. The number of carbonyl (C=O) groups is 8. The Morgan fingerprint density at radius 1 is 0.635 bits per heavy atom. The number of methoxy groups -OCH3 is 5. The Kier molecular flexibility index (Phi) is 19.3. The average molecular weight is 1210 g/mol. The Hall–Kier alpha value is -8.88. The Morgan fingerprint density at radius 2 is 1.22 bits per heavy atom. The number of amides is 7. The zero-order valence-corrected chi connectivity index (χ0v) is 48.6. The Morgan fingerprint density at radius 3 is 1.78 bits per heavy atom. The standard InChI is InChI=1S/C58H62Cl2N8O17/c1-24(2)15-34(62-3)52(72)67-47-49(70)26-10-13-37(32(59)17-26)84-40-19-28-20-41(51(40)82-7)85-38-14-11-27(18-33(38)60)50(71)48-57(77)66-46(58(78)83-8)31-21-29(79-4)22-39(81-6)43(31)30-16-25(9-12-36(30)80-5)44(54(74)68-48)65-55(75)45(28)64-53(73)35(23-42(61)69)63-56(47)76/h9-14,16-22,24,34-35,44-50,62,70-71H,15,23H2,1-8H3,(H2,61,69)(H,63,76)(H,64,73)(H,65,75)(H,66,77)(H,67,72)(H,68,74)/t34-,35?,44?,45?,46?,47?,48?,49-,50?/m1/s1. The molecule has 27 heteroatoms. The Balaban J connectivity index is 1.39. The van der Waals surface area contributed by atoms with Crippen LogP contribution in [0.3, 0.4) is 0 Å². The number of hydrogen-bond acceptors (Lipinski definition) is 18. The minimum atomic E-state index is -2.04. The molecule has 5 aromatic rings. The van der Waals surface area contributed by atoms with E-state index in [0.717, 1.165) is 7.11 Å². The fraction of sp³-hybridized carbons (Fsp3) is 0.345. The fourth-order valence-electron chi connectivity index (χ4n) is 10.1. The highest BCUT2D eigenvalue weighted by Crippen LogP contribution is 2.48. The zero-order chi connectivity index (χ0) is 61.7. The maximum Gasteiger partial charge on any atom is 0.333 e. The van der Waals surface area contributed by atoms with Crippen molar-refractivity contribution < 1.29 is 81.7 Å². The SMILES string of the molecule is CN[C@H](CC(C)C)C(=O)NC1C(=O)NC(CC(N)=O)C(=O)NC2C(=O)NC3C(=O)NC(C(=O)NC(C(=O)OC)c4cc(OC)cc(OC)c4-c4cc3ccc4OC)C(O)c3ccc(c(Cl)c3)Oc3cc2cc(c3OC)Oc2ccc(cc2Cl)[C@H]1O. The van der Waals surface area contributed by atoms with E-state index in [-0.39, 0.29) is 101 Å². The summed E-state index contributed by atoms with van der Waals surface area (Å²) in [7, 11) is 7.89. The molecule has 0 aliphatic carbocycles. The van der Waals surface area contributed by atoms with E-state index in [1.165, 1.54) is 114 Å². The van der Waals surface area contributed by atoms with Crippen LogP contribution in [0.5, 0.6) is 46.0 Å². The third-order valence-electron chi connectivity index (χ3n) is 14.3. The first-order chi connectivity index (χ1) is 40.5. The lowest BCUT2D eigenvalue weighted by molar-refractivity contribution is -0.146. The van der Waals surface area contributed by atoms with Crippen LogP contribution >= 0.6 is 23.2 Å². The molecule has 450 valence electrons. The third-order valence-corrected chi connectivity index (χ3v) is 14.9. The van der Waals surface area contributed by atoms with Crippen LogP contribution in [0.4, 0.5) is 0 Å². The van der Waals surface area contributed by atoms with Gasteiger partial charge >= 0.3 is 5.97 Å². The van der Waals surface area contributed by atoms with Gasteiger partial charge in [0.2, 0.25) is 47.1 Å². The second kappa shape index (κ2) is 26.4. The van der Waals surface area contributed by atoms with Crippen LogP contribution in [-0.4, -0.2) is 124 Å². The summed E-state index contributed by atoms with van der Waals surface area (Å²) < 4.78 is 41.2. The van der Waals surface area contributed by atoms with Gasteiger partial charge in [-0.05, 0) is 96.2 Å². The van der Waals surface area contributed by atoms with Crippen molar-refractivity contribution in [3.63, 3.8) is 0 Å². The van der Waals surface area contributed by atoms with Gasteiger partial charge in [-0.25, -0.2) is 4.79 Å². The molecule has 5 aromatic carbocycles. The number of ether oxygens (including phenoxy) is 7. The average Bonchev–Trinajstić information content (AvgIpc) is 1.61. The third kappa shape index (κ3) is 13.2. The molecule has 11 N–H and O–H groups in total. The summed E-state index contributed by atoms with van der Waals surface area (Å²) in [4.78, 5) is 116. The van der Waals surface area contributed by atoms with Crippen molar-refractivity contribution >= 4 is 70.5 Å². The highest BCUT2D eigenvalue weighted by Gasteiger charge is 2.42. The minimum Gasteiger partial charge on any atom is -0.497 e. The minimum absolute atomic E-state index is 0.0100. The Bertz CT molecular complexity index is 3480. The molecule has 5 aliphatic rings. The van der Waals surface area contributed by atoms with Crippen molar-refractivity contribution in [2.75, 3.05) is 42.6 Å². The fourth-order valence-corrected chi connectivity index (χ4v) is 10.5.